The second-order valence-corrected chi connectivity index (χ2v) is 10.3. The highest BCUT2D eigenvalue weighted by Gasteiger charge is 2.44. The minimum absolute atomic E-state index is 0.0439. The van der Waals surface area contributed by atoms with Gasteiger partial charge in [-0.15, -0.1) is 0 Å². The molecule has 0 atom stereocenters. The van der Waals surface area contributed by atoms with Crippen LogP contribution in [0.2, 0.25) is 10.0 Å². The van der Waals surface area contributed by atoms with Crippen LogP contribution in [0, 0.1) is 11.3 Å². The van der Waals surface area contributed by atoms with Gasteiger partial charge in [-0.25, -0.2) is 8.42 Å². The van der Waals surface area contributed by atoms with Crippen molar-refractivity contribution in [3.63, 3.8) is 0 Å². The number of carbonyl (C=O) groups excluding carboxylic acids is 1. The molecule has 1 aliphatic carbocycles. The Morgan fingerprint density at radius 2 is 1.65 bits per heavy atom. The van der Waals surface area contributed by atoms with Crippen LogP contribution in [0.1, 0.15) is 18.4 Å². The molecule has 174 valence electrons. The SMILES string of the molecule is N#CC1(c2ccc(NC(=O)COc3ccc(S(=O)(=O)Nc4ccc(Cl)cc4)cc3Cl)cc2)CC1. The molecule has 0 unspecified atom stereocenters. The van der Waals surface area contributed by atoms with E-state index < -0.39 is 15.9 Å². The molecule has 0 radical (unpaired) electrons. The molecule has 3 aromatic carbocycles. The Morgan fingerprint density at radius 1 is 1.00 bits per heavy atom. The van der Waals surface area contributed by atoms with Crippen molar-refractivity contribution < 1.29 is 17.9 Å². The second kappa shape index (κ2) is 9.55. The number of benzene rings is 3. The summed E-state index contributed by atoms with van der Waals surface area (Å²) in [5.74, 6) is -0.242. The predicted octanol–water partition coefficient (Wildman–Crippen LogP) is 5.37. The zero-order valence-electron chi connectivity index (χ0n) is 17.7. The smallest absolute Gasteiger partial charge is 0.262 e. The maximum Gasteiger partial charge on any atom is 0.262 e. The predicted molar refractivity (Wildman–Crippen MR) is 131 cm³/mol. The molecule has 1 aliphatic rings. The van der Waals surface area contributed by atoms with Crippen molar-refractivity contribution in [2.75, 3.05) is 16.6 Å². The molecule has 1 fully saturated rings. The lowest BCUT2D eigenvalue weighted by Crippen LogP contribution is -2.20. The van der Waals surface area contributed by atoms with E-state index in [1.54, 1.807) is 36.4 Å². The van der Waals surface area contributed by atoms with Gasteiger partial charge in [-0.3, -0.25) is 9.52 Å². The Labute approximate surface area is 207 Å². The van der Waals surface area contributed by atoms with Gasteiger partial charge in [-0.2, -0.15) is 5.26 Å². The lowest BCUT2D eigenvalue weighted by Gasteiger charge is -2.12. The van der Waals surface area contributed by atoms with Crippen LogP contribution >= 0.6 is 23.2 Å². The van der Waals surface area contributed by atoms with E-state index in [0.29, 0.717) is 16.4 Å². The van der Waals surface area contributed by atoms with Gasteiger partial charge in [0.15, 0.2) is 6.61 Å². The fraction of sp³-hybridized carbons (Fsp3) is 0.167. The van der Waals surface area contributed by atoms with Gasteiger partial charge in [0, 0.05) is 16.4 Å². The molecule has 0 bridgehead atoms. The minimum Gasteiger partial charge on any atom is -0.482 e. The number of carbonyl (C=O) groups is 1. The highest BCUT2D eigenvalue weighted by molar-refractivity contribution is 7.92. The van der Waals surface area contributed by atoms with E-state index in [2.05, 4.69) is 16.1 Å². The molecular weight excluding hydrogens is 497 g/mol. The molecule has 3 aromatic rings. The van der Waals surface area contributed by atoms with Gasteiger partial charge in [-0.1, -0.05) is 35.3 Å². The minimum atomic E-state index is -3.88. The first-order valence-electron chi connectivity index (χ1n) is 10.2. The fourth-order valence-corrected chi connectivity index (χ4v) is 4.81. The third-order valence-electron chi connectivity index (χ3n) is 5.35. The van der Waals surface area contributed by atoms with Crippen molar-refractivity contribution in [3.05, 3.63) is 82.3 Å². The van der Waals surface area contributed by atoms with Gasteiger partial charge >= 0.3 is 0 Å². The van der Waals surface area contributed by atoms with Crippen LogP contribution in [-0.4, -0.2) is 20.9 Å². The van der Waals surface area contributed by atoms with Crippen molar-refractivity contribution in [1.82, 2.24) is 0 Å². The van der Waals surface area contributed by atoms with Gasteiger partial charge in [0.2, 0.25) is 0 Å². The first kappa shape index (κ1) is 23.9. The number of hydrogen-bond donors (Lipinski definition) is 2. The lowest BCUT2D eigenvalue weighted by molar-refractivity contribution is -0.118. The van der Waals surface area contributed by atoms with Crippen LogP contribution in [-0.2, 0) is 20.2 Å². The van der Waals surface area contributed by atoms with E-state index in [1.807, 2.05) is 12.1 Å². The summed E-state index contributed by atoms with van der Waals surface area (Å²) >= 11 is 12.0. The number of nitrogens with zero attached hydrogens (tertiary/aromatic N) is 1. The van der Waals surface area contributed by atoms with Crippen LogP contribution in [0.4, 0.5) is 11.4 Å². The maximum atomic E-state index is 12.6. The number of nitriles is 1. The summed E-state index contributed by atoms with van der Waals surface area (Å²) in [5.41, 5.74) is 1.49. The van der Waals surface area contributed by atoms with Crippen LogP contribution in [0.25, 0.3) is 0 Å². The Hall–Kier alpha value is -3.25. The monoisotopic (exact) mass is 515 g/mol. The molecule has 0 spiro atoms. The first-order valence-corrected chi connectivity index (χ1v) is 12.5. The van der Waals surface area contributed by atoms with Gasteiger partial charge in [0.05, 0.1) is 21.4 Å². The average molecular weight is 516 g/mol. The molecule has 0 heterocycles. The summed E-state index contributed by atoms with van der Waals surface area (Å²) in [6.07, 6.45) is 1.70. The van der Waals surface area contributed by atoms with E-state index >= 15 is 0 Å². The summed E-state index contributed by atoms with van der Waals surface area (Å²) in [7, 11) is -3.88. The number of rotatable bonds is 8. The number of sulfonamides is 1. The maximum absolute atomic E-state index is 12.6. The highest BCUT2D eigenvalue weighted by Crippen LogP contribution is 2.47. The third kappa shape index (κ3) is 5.45. The molecule has 4 rings (SSSR count). The van der Waals surface area contributed by atoms with E-state index in [9.17, 15) is 18.5 Å². The summed E-state index contributed by atoms with van der Waals surface area (Å²) in [5, 5.41) is 12.5. The Morgan fingerprint density at radius 3 is 2.24 bits per heavy atom. The summed E-state index contributed by atoms with van der Waals surface area (Å²) in [6.45, 7) is -0.321. The standard InChI is InChI=1S/C24H19Cl2N3O4S/c25-17-3-7-19(8-4-17)29-34(31,32)20-9-10-22(21(26)13-20)33-14-23(30)28-18-5-1-16(2-6-18)24(15-27)11-12-24/h1-10,13,29H,11-12,14H2,(H,28,30). The van der Waals surface area contributed by atoms with Crippen molar-refractivity contribution in [1.29, 1.82) is 5.26 Å². The number of anilines is 2. The number of amides is 1. The summed E-state index contributed by atoms with van der Waals surface area (Å²) in [4.78, 5) is 12.2. The van der Waals surface area contributed by atoms with Crippen molar-refractivity contribution in [2.45, 2.75) is 23.2 Å². The van der Waals surface area contributed by atoms with Crippen LogP contribution in [0.3, 0.4) is 0 Å². The van der Waals surface area contributed by atoms with Gasteiger partial charge in [-0.05, 0) is 73.0 Å². The second-order valence-electron chi connectivity index (χ2n) is 7.81. The molecule has 7 nitrogen and oxygen atoms in total. The zero-order valence-corrected chi connectivity index (χ0v) is 20.0. The van der Waals surface area contributed by atoms with Crippen molar-refractivity contribution in [3.8, 4) is 11.8 Å². The van der Waals surface area contributed by atoms with Crippen LogP contribution in [0.5, 0.6) is 5.75 Å². The molecule has 1 amide bonds. The van der Waals surface area contributed by atoms with Crippen LogP contribution in [0.15, 0.2) is 71.6 Å². The Kier molecular flexibility index (Phi) is 6.71. The zero-order chi connectivity index (χ0) is 24.3. The van der Waals surface area contributed by atoms with Crippen LogP contribution < -0.4 is 14.8 Å². The van der Waals surface area contributed by atoms with Gasteiger partial charge < -0.3 is 10.1 Å². The van der Waals surface area contributed by atoms with E-state index in [4.69, 9.17) is 27.9 Å². The Balaban J connectivity index is 1.35. The molecule has 0 aromatic heterocycles. The number of hydrogen-bond acceptors (Lipinski definition) is 5. The lowest BCUT2D eigenvalue weighted by atomic mass is 9.98. The largest absolute Gasteiger partial charge is 0.482 e. The topological polar surface area (TPSA) is 108 Å². The number of nitrogens with one attached hydrogen (secondary N) is 2. The highest BCUT2D eigenvalue weighted by atomic mass is 35.5. The van der Waals surface area contributed by atoms with Gasteiger partial charge in [0.25, 0.3) is 15.9 Å². The van der Waals surface area contributed by atoms with Crippen molar-refractivity contribution in [2.24, 2.45) is 0 Å². The molecule has 10 heteroatoms. The molecular formula is C24H19Cl2N3O4S. The quantitative estimate of drug-likeness (QED) is 0.419. The normalized spacial score (nSPS) is 14.0. The third-order valence-corrected chi connectivity index (χ3v) is 7.28. The number of ether oxygens (including phenoxy) is 1. The molecule has 0 aliphatic heterocycles. The summed E-state index contributed by atoms with van der Waals surface area (Å²) < 4.78 is 33.1. The average Bonchev–Trinajstić information content (AvgIpc) is 3.61. The molecule has 2 N–H and O–H groups in total. The van der Waals surface area contributed by atoms with Crippen molar-refractivity contribution >= 4 is 50.5 Å². The number of halogens is 2. The summed E-state index contributed by atoms with van der Waals surface area (Å²) in [6, 6.07) is 19.7. The van der Waals surface area contributed by atoms with Gasteiger partial charge in [0.1, 0.15) is 5.75 Å². The first-order chi connectivity index (χ1) is 16.2. The molecule has 1 saturated carbocycles. The van der Waals surface area contributed by atoms with E-state index in [1.165, 1.54) is 18.2 Å². The van der Waals surface area contributed by atoms with E-state index in [0.717, 1.165) is 18.4 Å². The Bertz CT molecular complexity index is 1360. The molecule has 34 heavy (non-hydrogen) atoms. The fourth-order valence-electron chi connectivity index (χ4n) is 3.30. The van der Waals surface area contributed by atoms with E-state index in [-0.39, 0.29) is 27.7 Å². The molecule has 0 saturated heterocycles.